The molecule has 2 heterocycles. The lowest BCUT2D eigenvalue weighted by Crippen LogP contribution is -2.10. The number of rotatable bonds is 3. The van der Waals surface area contributed by atoms with Gasteiger partial charge < -0.3 is 9.73 Å². The number of para-hydroxylation sites is 1. The number of hydrogen-bond donors (Lipinski definition) is 1. The highest BCUT2D eigenvalue weighted by atomic mass is 16.3. The number of fused-ring (bicyclic) bond motifs is 1. The van der Waals surface area contributed by atoms with Gasteiger partial charge in [-0.05, 0) is 30.3 Å². The summed E-state index contributed by atoms with van der Waals surface area (Å²) in [5, 5.41) is 3.08. The van der Waals surface area contributed by atoms with Gasteiger partial charge in [0.05, 0.1) is 10.9 Å². The molecule has 0 unspecified atom stereocenters. The number of amides is 1. The van der Waals surface area contributed by atoms with Crippen LogP contribution in [-0.4, -0.2) is 10.9 Å². The van der Waals surface area contributed by atoms with Gasteiger partial charge in [0.2, 0.25) is 5.91 Å². The topological polar surface area (TPSA) is 72.2 Å². The number of benzene rings is 1. The Bertz CT molecular complexity index is 898. The lowest BCUT2D eigenvalue weighted by atomic mass is 10.1. The molecule has 3 aromatic rings. The molecule has 2 aromatic heterocycles. The third-order valence-electron chi connectivity index (χ3n) is 3.04. The van der Waals surface area contributed by atoms with Gasteiger partial charge in [-0.15, -0.1) is 0 Å². The van der Waals surface area contributed by atoms with Gasteiger partial charge in [-0.1, -0.05) is 18.2 Å². The second-order valence-electron chi connectivity index (χ2n) is 4.55. The van der Waals surface area contributed by atoms with E-state index in [1.54, 1.807) is 48.7 Å². The Labute approximate surface area is 125 Å². The average Bonchev–Trinajstić information content (AvgIpc) is 2.55. The van der Waals surface area contributed by atoms with Crippen molar-refractivity contribution in [1.29, 1.82) is 0 Å². The van der Waals surface area contributed by atoms with Crippen molar-refractivity contribution in [2.75, 3.05) is 5.32 Å². The van der Waals surface area contributed by atoms with Crippen LogP contribution in [0.2, 0.25) is 0 Å². The fourth-order valence-electron chi connectivity index (χ4n) is 1.98. The molecule has 1 amide bonds. The van der Waals surface area contributed by atoms with Crippen molar-refractivity contribution in [2.24, 2.45) is 0 Å². The van der Waals surface area contributed by atoms with Crippen LogP contribution in [0.3, 0.4) is 0 Å². The minimum Gasteiger partial charge on any atom is -0.463 e. The molecular formula is C17H12N2O3. The first-order valence-electron chi connectivity index (χ1n) is 6.65. The molecule has 1 aromatic carbocycles. The van der Waals surface area contributed by atoms with Crippen molar-refractivity contribution in [2.45, 2.75) is 0 Å². The highest BCUT2D eigenvalue weighted by Crippen LogP contribution is 2.11. The summed E-state index contributed by atoms with van der Waals surface area (Å²) in [5.74, 6) is 0.0777. The van der Waals surface area contributed by atoms with Crippen molar-refractivity contribution in [3.63, 3.8) is 0 Å². The summed E-state index contributed by atoms with van der Waals surface area (Å²) >= 11 is 0. The molecule has 0 aliphatic rings. The monoisotopic (exact) mass is 292 g/mol. The first-order chi connectivity index (χ1) is 10.7. The fourth-order valence-corrected chi connectivity index (χ4v) is 1.98. The number of pyridine rings is 1. The molecule has 5 nitrogen and oxygen atoms in total. The summed E-state index contributed by atoms with van der Waals surface area (Å²) < 4.78 is 5.38. The molecule has 0 atom stereocenters. The van der Waals surface area contributed by atoms with Crippen LogP contribution in [0.4, 0.5) is 5.82 Å². The minimum atomic E-state index is -0.369. The Morgan fingerprint density at radius 1 is 1.14 bits per heavy atom. The second-order valence-corrected chi connectivity index (χ2v) is 4.55. The van der Waals surface area contributed by atoms with Gasteiger partial charge in [-0.3, -0.25) is 9.59 Å². The summed E-state index contributed by atoms with van der Waals surface area (Å²) in [7, 11) is 0. The van der Waals surface area contributed by atoms with E-state index in [9.17, 15) is 9.59 Å². The first-order valence-corrected chi connectivity index (χ1v) is 6.65. The molecule has 0 aliphatic carbocycles. The first kappa shape index (κ1) is 13.8. The lowest BCUT2D eigenvalue weighted by molar-refractivity contribution is -0.111. The van der Waals surface area contributed by atoms with Crippen molar-refractivity contribution in [1.82, 2.24) is 4.98 Å². The van der Waals surface area contributed by atoms with Crippen LogP contribution in [0.15, 0.2) is 70.2 Å². The molecule has 1 N–H and O–H groups in total. The molecule has 0 fully saturated rings. The molecule has 0 saturated carbocycles. The van der Waals surface area contributed by atoms with E-state index >= 15 is 0 Å². The predicted molar refractivity (Wildman–Crippen MR) is 84.4 cm³/mol. The van der Waals surface area contributed by atoms with Crippen molar-refractivity contribution in [3.8, 4) is 0 Å². The summed E-state index contributed by atoms with van der Waals surface area (Å²) in [6.07, 6.45) is 5.62. The van der Waals surface area contributed by atoms with E-state index < -0.39 is 0 Å². The summed E-state index contributed by atoms with van der Waals surface area (Å²) in [4.78, 5) is 28.0. The Kier molecular flexibility index (Phi) is 3.78. The largest absolute Gasteiger partial charge is 0.463 e. The fraction of sp³-hybridized carbons (Fsp3) is 0. The van der Waals surface area contributed by atoms with Crippen LogP contribution >= 0.6 is 0 Å². The zero-order chi connectivity index (χ0) is 15.4. The zero-order valence-corrected chi connectivity index (χ0v) is 11.5. The molecule has 108 valence electrons. The maximum atomic E-state index is 12.2. The van der Waals surface area contributed by atoms with E-state index in [2.05, 4.69) is 10.3 Å². The smallest absolute Gasteiger partial charge is 0.249 e. The highest BCUT2D eigenvalue weighted by molar-refractivity contribution is 6.01. The molecule has 0 radical (unpaired) electrons. The predicted octanol–water partition coefficient (Wildman–Crippen LogP) is 2.84. The van der Waals surface area contributed by atoms with Gasteiger partial charge >= 0.3 is 0 Å². The number of anilines is 1. The van der Waals surface area contributed by atoms with E-state index in [0.29, 0.717) is 22.4 Å². The number of carbonyl (C=O) groups excluding carboxylic acids is 1. The molecule has 0 bridgehead atoms. The minimum absolute atomic E-state index is 0.177. The van der Waals surface area contributed by atoms with Crippen LogP contribution in [0.25, 0.3) is 17.0 Å². The van der Waals surface area contributed by atoms with Crippen LogP contribution in [0, 0.1) is 0 Å². The molecule has 0 aliphatic heterocycles. The highest BCUT2D eigenvalue weighted by Gasteiger charge is 2.04. The van der Waals surface area contributed by atoms with Gasteiger partial charge in [-0.2, -0.15) is 0 Å². The second kappa shape index (κ2) is 6.05. The molecule has 0 spiro atoms. The summed E-state index contributed by atoms with van der Waals surface area (Å²) in [6, 6.07) is 12.2. The third kappa shape index (κ3) is 2.93. The van der Waals surface area contributed by atoms with Crippen LogP contribution in [-0.2, 0) is 4.79 Å². The van der Waals surface area contributed by atoms with Crippen LogP contribution in [0.1, 0.15) is 5.56 Å². The SMILES string of the molecule is O=C(/C=C/c1coc2ccccc2c1=O)Nc1ccccn1. The number of nitrogens with zero attached hydrogens (tertiary/aromatic N) is 1. The Balaban J connectivity index is 1.82. The lowest BCUT2D eigenvalue weighted by Gasteiger charge is -2.00. The van der Waals surface area contributed by atoms with Gasteiger partial charge in [-0.25, -0.2) is 4.98 Å². The van der Waals surface area contributed by atoms with E-state index in [1.165, 1.54) is 18.4 Å². The molecule has 5 heteroatoms. The van der Waals surface area contributed by atoms with E-state index in [1.807, 2.05) is 0 Å². The van der Waals surface area contributed by atoms with Crippen LogP contribution in [0.5, 0.6) is 0 Å². The third-order valence-corrected chi connectivity index (χ3v) is 3.04. The number of nitrogens with one attached hydrogen (secondary N) is 1. The van der Waals surface area contributed by atoms with Crippen molar-refractivity contribution < 1.29 is 9.21 Å². The molecule has 3 rings (SSSR count). The number of aromatic nitrogens is 1. The number of carbonyl (C=O) groups is 1. The molecular weight excluding hydrogens is 280 g/mol. The maximum absolute atomic E-state index is 12.2. The van der Waals surface area contributed by atoms with Crippen molar-refractivity contribution >= 4 is 28.8 Å². The summed E-state index contributed by atoms with van der Waals surface area (Å²) in [5.41, 5.74) is 0.654. The zero-order valence-electron chi connectivity index (χ0n) is 11.5. The Hall–Kier alpha value is -3.21. The number of hydrogen-bond acceptors (Lipinski definition) is 4. The Morgan fingerprint density at radius 2 is 1.95 bits per heavy atom. The van der Waals surface area contributed by atoms with Gasteiger partial charge in [0.15, 0.2) is 5.43 Å². The normalized spacial score (nSPS) is 10.9. The maximum Gasteiger partial charge on any atom is 0.249 e. The average molecular weight is 292 g/mol. The van der Waals surface area contributed by atoms with Gasteiger partial charge in [0, 0.05) is 12.3 Å². The van der Waals surface area contributed by atoms with E-state index in [0.717, 1.165) is 0 Å². The summed E-state index contributed by atoms with van der Waals surface area (Å²) in [6.45, 7) is 0. The van der Waals surface area contributed by atoms with Crippen molar-refractivity contribution in [3.05, 3.63) is 76.8 Å². The van der Waals surface area contributed by atoms with Gasteiger partial charge in [0.25, 0.3) is 0 Å². The standard InChI is InChI=1S/C17H12N2O3/c20-16(19-15-7-3-4-10-18-15)9-8-12-11-22-14-6-2-1-5-13(14)17(12)21/h1-11H,(H,18,19,20)/b9-8+. The van der Waals surface area contributed by atoms with Gasteiger partial charge in [0.1, 0.15) is 17.7 Å². The van der Waals surface area contributed by atoms with E-state index in [4.69, 9.17) is 4.42 Å². The van der Waals surface area contributed by atoms with E-state index in [-0.39, 0.29) is 11.3 Å². The Morgan fingerprint density at radius 3 is 2.77 bits per heavy atom. The van der Waals surface area contributed by atoms with Crippen LogP contribution < -0.4 is 10.7 Å². The molecule has 22 heavy (non-hydrogen) atoms. The quantitative estimate of drug-likeness (QED) is 0.753. The molecule has 0 saturated heterocycles.